The van der Waals surface area contributed by atoms with E-state index in [4.69, 9.17) is 9.47 Å². The first kappa shape index (κ1) is 16.6. The summed E-state index contributed by atoms with van der Waals surface area (Å²) in [4.78, 5) is 25.6. The van der Waals surface area contributed by atoms with Crippen LogP contribution in [0.3, 0.4) is 0 Å². The van der Waals surface area contributed by atoms with Gasteiger partial charge in [-0.1, -0.05) is 0 Å². The zero-order chi connectivity index (χ0) is 17.5. The fraction of sp³-hybridized carbons (Fsp3) is 0.556. The van der Waals surface area contributed by atoms with E-state index >= 15 is 0 Å². The molecule has 1 aromatic carbocycles. The van der Waals surface area contributed by atoms with E-state index < -0.39 is 5.60 Å². The molecule has 0 aliphatic carbocycles. The fourth-order valence-electron chi connectivity index (χ4n) is 3.20. The van der Waals surface area contributed by atoms with Crippen LogP contribution in [0.5, 0.6) is 5.75 Å². The summed E-state index contributed by atoms with van der Waals surface area (Å²) in [6, 6.07) is 1.98. The van der Waals surface area contributed by atoms with E-state index in [1.165, 1.54) is 5.56 Å². The normalized spacial score (nSPS) is 17.2. The Kier molecular flexibility index (Phi) is 4.15. The third-order valence-corrected chi connectivity index (χ3v) is 4.30. The van der Waals surface area contributed by atoms with Gasteiger partial charge in [0.15, 0.2) is 6.61 Å². The van der Waals surface area contributed by atoms with Crippen molar-refractivity contribution in [2.24, 2.45) is 0 Å². The van der Waals surface area contributed by atoms with Crippen LogP contribution in [0.15, 0.2) is 6.07 Å². The highest BCUT2D eigenvalue weighted by Gasteiger charge is 2.27. The van der Waals surface area contributed by atoms with Gasteiger partial charge < -0.3 is 19.7 Å². The smallest absolute Gasteiger partial charge is 0.410 e. The predicted molar refractivity (Wildman–Crippen MR) is 90.5 cm³/mol. The lowest BCUT2D eigenvalue weighted by Crippen LogP contribution is -2.38. The number of hydrogen-bond acceptors (Lipinski definition) is 4. The Morgan fingerprint density at radius 2 is 2.00 bits per heavy atom. The average molecular weight is 332 g/mol. The number of nitrogens with zero attached hydrogens (tertiary/aromatic N) is 1. The molecule has 2 amide bonds. The molecule has 130 valence electrons. The van der Waals surface area contributed by atoms with Crippen LogP contribution in [0.25, 0.3) is 0 Å². The standard InChI is InChI=1S/C18H24N2O4/c1-11-13-6-8-20(17(22)24-18(2,3)4)7-5-12(13)9-14-16(11)23-10-15(21)19-14/h9H,5-8,10H2,1-4H3,(H,19,21). The second kappa shape index (κ2) is 6.00. The van der Waals surface area contributed by atoms with Crippen LogP contribution in [-0.2, 0) is 22.4 Å². The van der Waals surface area contributed by atoms with Gasteiger partial charge >= 0.3 is 6.09 Å². The molecule has 0 saturated carbocycles. The highest BCUT2D eigenvalue weighted by molar-refractivity contribution is 5.96. The van der Waals surface area contributed by atoms with Crippen molar-refractivity contribution in [1.29, 1.82) is 0 Å². The summed E-state index contributed by atoms with van der Waals surface area (Å²) in [5, 5.41) is 2.87. The van der Waals surface area contributed by atoms with Gasteiger partial charge in [0, 0.05) is 13.1 Å². The van der Waals surface area contributed by atoms with E-state index in [0.29, 0.717) is 13.1 Å². The molecule has 2 heterocycles. The summed E-state index contributed by atoms with van der Waals surface area (Å²) >= 11 is 0. The summed E-state index contributed by atoms with van der Waals surface area (Å²) in [6.45, 7) is 8.90. The first-order chi connectivity index (χ1) is 11.2. The quantitative estimate of drug-likeness (QED) is 0.793. The van der Waals surface area contributed by atoms with Crippen LogP contribution in [0.2, 0.25) is 0 Å². The second-order valence-electron chi connectivity index (χ2n) is 7.32. The molecule has 1 aromatic rings. The molecule has 0 aromatic heterocycles. The fourth-order valence-corrected chi connectivity index (χ4v) is 3.20. The minimum Gasteiger partial charge on any atom is -0.481 e. The van der Waals surface area contributed by atoms with Crippen molar-refractivity contribution < 1.29 is 19.1 Å². The van der Waals surface area contributed by atoms with Gasteiger partial charge in [-0.3, -0.25) is 4.79 Å². The second-order valence-corrected chi connectivity index (χ2v) is 7.32. The predicted octanol–water partition coefficient (Wildman–Crippen LogP) is 2.66. The van der Waals surface area contributed by atoms with E-state index in [0.717, 1.165) is 35.4 Å². The van der Waals surface area contributed by atoms with Crippen molar-refractivity contribution >= 4 is 17.7 Å². The number of ether oxygens (including phenoxy) is 2. The van der Waals surface area contributed by atoms with E-state index in [1.54, 1.807) is 4.90 Å². The molecule has 3 rings (SSSR count). The number of fused-ring (bicyclic) bond motifs is 2. The van der Waals surface area contributed by atoms with E-state index in [-0.39, 0.29) is 18.6 Å². The van der Waals surface area contributed by atoms with Crippen LogP contribution < -0.4 is 10.1 Å². The maximum Gasteiger partial charge on any atom is 0.410 e. The highest BCUT2D eigenvalue weighted by atomic mass is 16.6. The van der Waals surface area contributed by atoms with Gasteiger partial charge in [-0.05, 0) is 63.3 Å². The molecule has 2 aliphatic heterocycles. The zero-order valence-corrected chi connectivity index (χ0v) is 14.7. The number of hydrogen-bond donors (Lipinski definition) is 1. The summed E-state index contributed by atoms with van der Waals surface area (Å²) < 4.78 is 11.1. The maximum absolute atomic E-state index is 12.3. The van der Waals surface area contributed by atoms with E-state index in [2.05, 4.69) is 5.32 Å². The van der Waals surface area contributed by atoms with Crippen molar-refractivity contribution in [1.82, 2.24) is 4.90 Å². The number of anilines is 1. The first-order valence-electron chi connectivity index (χ1n) is 8.30. The highest BCUT2D eigenvalue weighted by Crippen LogP contribution is 2.37. The van der Waals surface area contributed by atoms with Gasteiger partial charge in [0.05, 0.1) is 5.69 Å². The van der Waals surface area contributed by atoms with Crippen LogP contribution >= 0.6 is 0 Å². The van der Waals surface area contributed by atoms with E-state index in [1.807, 2.05) is 33.8 Å². The molecule has 0 radical (unpaired) electrons. The molecule has 0 spiro atoms. The molecular formula is C18H24N2O4. The Morgan fingerprint density at radius 3 is 2.71 bits per heavy atom. The van der Waals surface area contributed by atoms with Crippen LogP contribution in [-0.4, -0.2) is 42.2 Å². The summed E-state index contributed by atoms with van der Waals surface area (Å²) in [5.74, 6) is 0.616. The van der Waals surface area contributed by atoms with Crippen LogP contribution in [0.4, 0.5) is 10.5 Å². The summed E-state index contributed by atoms with van der Waals surface area (Å²) in [5.41, 5.74) is 3.64. The molecule has 6 heteroatoms. The molecule has 0 fully saturated rings. The maximum atomic E-state index is 12.3. The Bertz CT molecular complexity index is 691. The van der Waals surface area contributed by atoms with Crippen LogP contribution in [0, 0.1) is 6.92 Å². The van der Waals surface area contributed by atoms with Gasteiger partial charge in [-0.15, -0.1) is 0 Å². The van der Waals surface area contributed by atoms with Crippen molar-refractivity contribution in [3.8, 4) is 5.75 Å². The molecular weight excluding hydrogens is 308 g/mol. The van der Waals surface area contributed by atoms with Gasteiger partial charge in [0.1, 0.15) is 11.4 Å². The summed E-state index contributed by atoms with van der Waals surface area (Å²) in [6.07, 6.45) is 1.21. The molecule has 0 unspecified atom stereocenters. The number of carbonyl (C=O) groups is 2. The molecule has 6 nitrogen and oxygen atoms in total. The SMILES string of the molecule is Cc1c2c(cc3c1OCC(=O)N3)CCN(C(=O)OC(C)(C)C)CC2. The molecule has 1 N–H and O–H groups in total. The zero-order valence-electron chi connectivity index (χ0n) is 14.7. The molecule has 0 bridgehead atoms. The largest absolute Gasteiger partial charge is 0.481 e. The molecule has 2 aliphatic rings. The Morgan fingerprint density at radius 1 is 1.29 bits per heavy atom. The van der Waals surface area contributed by atoms with Gasteiger partial charge in [-0.25, -0.2) is 4.79 Å². The topological polar surface area (TPSA) is 67.9 Å². The average Bonchev–Trinajstić information content (AvgIpc) is 2.68. The third kappa shape index (κ3) is 3.32. The number of nitrogens with one attached hydrogen (secondary N) is 1. The van der Waals surface area contributed by atoms with Gasteiger partial charge in [0.2, 0.25) is 0 Å². The lowest BCUT2D eigenvalue weighted by atomic mass is 9.95. The minimum atomic E-state index is -0.497. The Hall–Kier alpha value is -2.24. The Labute approximate surface area is 142 Å². The number of carbonyl (C=O) groups excluding carboxylic acids is 2. The summed E-state index contributed by atoms with van der Waals surface area (Å²) in [7, 11) is 0. The number of benzene rings is 1. The van der Waals surface area contributed by atoms with Gasteiger partial charge in [0.25, 0.3) is 5.91 Å². The first-order valence-corrected chi connectivity index (χ1v) is 8.30. The number of amides is 2. The monoisotopic (exact) mass is 332 g/mol. The Balaban J connectivity index is 1.82. The third-order valence-electron chi connectivity index (χ3n) is 4.30. The molecule has 24 heavy (non-hydrogen) atoms. The van der Waals surface area contributed by atoms with Crippen molar-refractivity contribution in [3.05, 3.63) is 22.8 Å². The lowest BCUT2D eigenvalue weighted by Gasteiger charge is -2.26. The van der Waals surface area contributed by atoms with Crippen molar-refractivity contribution in [2.45, 2.75) is 46.1 Å². The van der Waals surface area contributed by atoms with E-state index in [9.17, 15) is 9.59 Å². The minimum absolute atomic E-state index is 0.0522. The van der Waals surface area contributed by atoms with Gasteiger partial charge in [-0.2, -0.15) is 0 Å². The number of rotatable bonds is 0. The molecule has 0 atom stereocenters. The molecule has 0 saturated heterocycles. The van der Waals surface area contributed by atoms with Crippen molar-refractivity contribution in [3.63, 3.8) is 0 Å². The van der Waals surface area contributed by atoms with Crippen LogP contribution in [0.1, 0.15) is 37.5 Å². The van der Waals surface area contributed by atoms with Crippen molar-refractivity contribution in [2.75, 3.05) is 25.0 Å². The lowest BCUT2D eigenvalue weighted by molar-refractivity contribution is -0.118.